The molecule has 1 unspecified atom stereocenters. The zero-order chi connectivity index (χ0) is 15.6. The van der Waals surface area contributed by atoms with Gasteiger partial charge in [-0.3, -0.25) is 4.59 Å². The van der Waals surface area contributed by atoms with E-state index in [4.69, 9.17) is 4.74 Å². The summed E-state index contributed by atoms with van der Waals surface area (Å²) >= 11 is 0. The van der Waals surface area contributed by atoms with E-state index in [9.17, 15) is 0 Å². The Labute approximate surface area is 126 Å². The van der Waals surface area contributed by atoms with Gasteiger partial charge in [-0.1, -0.05) is 33.8 Å². The number of quaternary nitrogens is 1. The van der Waals surface area contributed by atoms with Crippen molar-refractivity contribution in [3.05, 3.63) is 17.9 Å². The van der Waals surface area contributed by atoms with E-state index < -0.39 is 0 Å². The van der Waals surface area contributed by atoms with Crippen LogP contribution in [0.5, 0.6) is 0 Å². The van der Waals surface area contributed by atoms with E-state index in [0.717, 1.165) is 37.2 Å². The third-order valence-electron chi connectivity index (χ3n) is 3.14. The summed E-state index contributed by atoms with van der Waals surface area (Å²) in [5, 5.41) is 0. The molecule has 0 fully saturated rings. The van der Waals surface area contributed by atoms with Crippen molar-refractivity contribution in [2.75, 3.05) is 40.9 Å². The molecule has 0 aromatic rings. The molecule has 3 nitrogen and oxygen atoms in total. The monoisotopic (exact) mass is 283 g/mol. The van der Waals surface area contributed by atoms with Gasteiger partial charge in [-0.2, -0.15) is 5.43 Å². The molecule has 0 saturated carbocycles. The van der Waals surface area contributed by atoms with Crippen LogP contribution in [-0.4, -0.2) is 45.5 Å². The number of hydrogen-bond acceptors (Lipinski definition) is 2. The average Bonchev–Trinajstić information content (AvgIpc) is 2.32. The van der Waals surface area contributed by atoms with Crippen molar-refractivity contribution in [3.8, 4) is 0 Å². The third-order valence-corrected chi connectivity index (χ3v) is 3.14. The Morgan fingerprint density at radius 2 is 1.95 bits per heavy atom. The summed E-state index contributed by atoms with van der Waals surface area (Å²) in [4.78, 5) is 0. The molecule has 0 aliphatic heterocycles. The molecule has 1 atom stereocenters. The fourth-order valence-electron chi connectivity index (χ4n) is 2.21. The van der Waals surface area contributed by atoms with Crippen molar-refractivity contribution in [1.82, 2.24) is 5.43 Å². The van der Waals surface area contributed by atoms with Gasteiger partial charge in [0.25, 0.3) is 0 Å². The first kappa shape index (κ1) is 19.4. The van der Waals surface area contributed by atoms with Gasteiger partial charge in [0, 0.05) is 5.92 Å². The largest absolute Gasteiger partial charge is 0.379 e. The van der Waals surface area contributed by atoms with Crippen molar-refractivity contribution >= 4 is 0 Å². The van der Waals surface area contributed by atoms with Gasteiger partial charge in [-0.05, 0) is 24.3 Å². The Kier molecular flexibility index (Phi) is 9.87. The number of ether oxygens (including phenoxy) is 1. The lowest BCUT2D eigenvalue weighted by atomic mass is 9.89. The number of nitrogens with one attached hydrogen (secondary N) is 1. The van der Waals surface area contributed by atoms with Crippen LogP contribution in [0.15, 0.2) is 17.9 Å². The highest BCUT2D eigenvalue weighted by Gasteiger charge is 2.15. The van der Waals surface area contributed by atoms with E-state index in [-0.39, 0.29) is 0 Å². The summed E-state index contributed by atoms with van der Waals surface area (Å²) in [6, 6.07) is 0. The zero-order valence-electron chi connectivity index (χ0n) is 14.5. The van der Waals surface area contributed by atoms with Crippen LogP contribution in [0.4, 0.5) is 0 Å². The average molecular weight is 283 g/mol. The fraction of sp³-hybridized carbons (Fsp3) is 0.824. The summed E-state index contributed by atoms with van der Waals surface area (Å²) in [6.45, 7) is 13.0. The number of nitrogens with zero attached hydrogens (tertiary/aromatic N) is 1. The Hall–Kier alpha value is -0.600. The van der Waals surface area contributed by atoms with Crippen LogP contribution in [0.2, 0.25) is 0 Å². The van der Waals surface area contributed by atoms with Crippen molar-refractivity contribution < 1.29 is 9.33 Å². The van der Waals surface area contributed by atoms with Crippen LogP contribution in [0.1, 0.15) is 40.0 Å². The van der Waals surface area contributed by atoms with Gasteiger partial charge in [-0.15, -0.1) is 5.73 Å². The standard InChI is InChI=1S/C17H35N2O/c1-8-10-17(16(9-2)13-15(3)4)14-20-12-11-18-19(5,6)7/h15,17-18H,2,8,10-14H2,1,3-7H3/q+1. The minimum atomic E-state index is 0.476. The number of rotatable bonds is 11. The fourth-order valence-corrected chi connectivity index (χ4v) is 2.21. The van der Waals surface area contributed by atoms with Gasteiger partial charge in [0.15, 0.2) is 0 Å². The Bertz CT molecular complexity index is 299. The van der Waals surface area contributed by atoms with Crippen molar-refractivity contribution in [1.29, 1.82) is 0 Å². The topological polar surface area (TPSA) is 21.3 Å². The highest BCUT2D eigenvalue weighted by molar-refractivity contribution is 5.05. The highest BCUT2D eigenvalue weighted by atomic mass is 16.5. The lowest BCUT2D eigenvalue weighted by Crippen LogP contribution is -2.49. The first-order valence-corrected chi connectivity index (χ1v) is 7.83. The molecule has 0 aliphatic carbocycles. The molecule has 0 amide bonds. The quantitative estimate of drug-likeness (QED) is 0.272. The van der Waals surface area contributed by atoms with Crippen LogP contribution in [-0.2, 0) is 4.74 Å². The summed E-state index contributed by atoms with van der Waals surface area (Å²) < 4.78 is 6.60. The normalized spacial score (nSPS) is 13.3. The maximum absolute atomic E-state index is 5.85. The third kappa shape index (κ3) is 10.2. The predicted octanol–water partition coefficient (Wildman–Crippen LogP) is 3.39. The highest BCUT2D eigenvalue weighted by Crippen LogP contribution is 2.23. The van der Waals surface area contributed by atoms with E-state index in [2.05, 4.69) is 59.7 Å². The molecule has 118 valence electrons. The van der Waals surface area contributed by atoms with Gasteiger partial charge in [0.1, 0.15) is 0 Å². The second-order valence-corrected chi connectivity index (χ2v) is 6.78. The van der Waals surface area contributed by atoms with Crippen LogP contribution in [0, 0.1) is 11.8 Å². The van der Waals surface area contributed by atoms with E-state index >= 15 is 0 Å². The molecule has 0 aromatic carbocycles. The van der Waals surface area contributed by atoms with Gasteiger partial charge >= 0.3 is 0 Å². The Morgan fingerprint density at radius 3 is 2.40 bits per heavy atom. The molecular weight excluding hydrogens is 248 g/mol. The van der Waals surface area contributed by atoms with E-state index in [1.807, 2.05) is 0 Å². The maximum Gasteiger partial charge on any atom is 0.0853 e. The van der Waals surface area contributed by atoms with E-state index in [0.29, 0.717) is 11.8 Å². The van der Waals surface area contributed by atoms with Crippen LogP contribution in [0.3, 0.4) is 0 Å². The molecule has 20 heavy (non-hydrogen) atoms. The smallest absolute Gasteiger partial charge is 0.0853 e. The molecule has 0 saturated heterocycles. The lowest BCUT2D eigenvalue weighted by molar-refractivity contribution is -0.915. The molecule has 0 radical (unpaired) electrons. The summed E-state index contributed by atoms with van der Waals surface area (Å²) in [6.07, 6.45) is 3.41. The minimum absolute atomic E-state index is 0.476. The van der Waals surface area contributed by atoms with Crippen molar-refractivity contribution in [3.63, 3.8) is 0 Å². The Balaban J connectivity index is 4.17. The maximum atomic E-state index is 5.85. The summed E-state index contributed by atoms with van der Waals surface area (Å²) in [5.74, 6) is 1.13. The Morgan fingerprint density at radius 1 is 1.30 bits per heavy atom. The molecule has 0 aliphatic rings. The van der Waals surface area contributed by atoms with Crippen LogP contribution < -0.4 is 5.43 Å². The molecule has 3 heteroatoms. The first-order valence-electron chi connectivity index (χ1n) is 7.83. The van der Waals surface area contributed by atoms with Gasteiger partial charge in [-0.25, -0.2) is 0 Å². The molecule has 0 heterocycles. The molecule has 0 aromatic heterocycles. The first-order chi connectivity index (χ1) is 9.30. The van der Waals surface area contributed by atoms with Crippen LogP contribution in [0.25, 0.3) is 0 Å². The molecule has 0 spiro atoms. The summed E-state index contributed by atoms with van der Waals surface area (Å²) in [5.41, 5.74) is 7.87. The van der Waals surface area contributed by atoms with Gasteiger partial charge < -0.3 is 4.74 Å². The molecule has 1 N–H and O–H groups in total. The SMILES string of the molecule is C=C=C(CC(C)C)C(CCC)COCCN[N+](C)(C)C. The van der Waals surface area contributed by atoms with Crippen LogP contribution >= 0.6 is 0 Å². The molecule has 0 rings (SSSR count). The molecule has 0 bridgehead atoms. The van der Waals surface area contributed by atoms with Crippen molar-refractivity contribution in [2.24, 2.45) is 11.8 Å². The summed E-state index contributed by atoms with van der Waals surface area (Å²) in [7, 11) is 6.34. The zero-order valence-corrected chi connectivity index (χ0v) is 14.5. The molecular formula is C17H35N2O+. The van der Waals surface area contributed by atoms with E-state index in [1.165, 1.54) is 12.0 Å². The van der Waals surface area contributed by atoms with E-state index in [1.54, 1.807) is 0 Å². The van der Waals surface area contributed by atoms with Gasteiger partial charge in [0.2, 0.25) is 0 Å². The minimum Gasteiger partial charge on any atom is -0.379 e. The number of hydrogen-bond donors (Lipinski definition) is 1. The van der Waals surface area contributed by atoms with Crippen molar-refractivity contribution in [2.45, 2.75) is 40.0 Å². The van der Waals surface area contributed by atoms with Gasteiger partial charge in [0.05, 0.1) is 40.9 Å². The second kappa shape index (κ2) is 10.2. The second-order valence-electron chi connectivity index (χ2n) is 6.78. The lowest BCUT2D eigenvalue weighted by Gasteiger charge is -2.24. The predicted molar refractivity (Wildman–Crippen MR) is 87.4 cm³/mol.